The van der Waals surface area contributed by atoms with Gasteiger partial charge in [0.15, 0.2) is 0 Å². The standard InChI is InChI=1S/C27H24ClN3OS/c1-16-13-24-19(14-20(16)28)22(30-31-26-29-21-7-5-6-8-25(21)33-26)15-23(32-24)17-9-11-18(12-10-17)27(2,3)4/h5-15H,1-4H3,(H,29,31). The van der Waals surface area contributed by atoms with Gasteiger partial charge in [-0.1, -0.05) is 80.1 Å². The van der Waals surface area contributed by atoms with Gasteiger partial charge in [-0.15, -0.1) is 0 Å². The molecule has 166 valence electrons. The maximum absolute atomic E-state index is 6.43. The minimum Gasteiger partial charge on any atom is -0.456 e. The van der Waals surface area contributed by atoms with Gasteiger partial charge in [-0.05, 0) is 47.7 Å². The summed E-state index contributed by atoms with van der Waals surface area (Å²) in [6.45, 7) is 8.59. The van der Waals surface area contributed by atoms with Crippen LogP contribution in [0.1, 0.15) is 31.9 Å². The summed E-state index contributed by atoms with van der Waals surface area (Å²) in [4.78, 5) is 4.62. The molecule has 0 radical (unpaired) electrons. The lowest BCUT2D eigenvalue weighted by molar-refractivity contribution is 0.589. The molecule has 0 amide bonds. The molecule has 1 N–H and O–H groups in total. The first-order valence-corrected chi connectivity index (χ1v) is 12.0. The lowest BCUT2D eigenvalue weighted by Gasteiger charge is -2.19. The number of para-hydroxylation sites is 1. The van der Waals surface area contributed by atoms with E-state index >= 15 is 0 Å². The predicted octanol–water partition coefficient (Wildman–Crippen LogP) is 7.90. The van der Waals surface area contributed by atoms with Crippen LogP contribution in [0.5, 0.6) is 0 Å². The highest BCUT2D eigenvalue weighted by atomic mass is 35.5. The van der Waals surface area contributed by atoms with Crippen molar-refractivity contribution in [2.75, 3.05) is 5.43 Å². The number of nitrogens with one attached hydrogen (secondary N) is 1. The summed E-state index contributed by atoms with van der Waals surface area (Å²) in [5.41, 5.74) is 8.14. The Labute approximate surface area is 201 Å². The smallest absolute Gasteiger partial charge is 0.204 e. The number of aromatic nitrogens is 1. The number of halogens is 1. The van der Waals surface area contributed by atoms with Gasteiger partial charge in [0.2, 0.25) is 5.13 Å². The van der Waals surface area contributed by atoms with Gasteiger partial charge in [0, 0.05) is 22.0 Å². The Hall–Kier alpha value is -3.15. The molecule has 0 bridgehead atoms. The lowest BCUT2D eigenvalue weighted by Crippen LogP contribution is -2.10. The van der Waals surface area contributed by atoms with Crippen LogP contribution in [0.2, 0.25) is 5.02 Å². The van der Waals surface area contributed by atoms with E-state index in [4.69, 9.17) is 21.1 Å². The summed E-state index contributed by atoms with van der Waals surface area (Å²) >= 11 is 8.00. The average molecular weight is 474 g/mol. The molecule has 2 aromatic heterocycles. The van der Waals surface area contributed by atoms with Crippen molar-refractivity contribution in [1.29, 1.82) is 0 Å². The monoisotopic (exact) mass is 473 g/mol. The van der Waals surface area contributed by atoms with E-state index in [2.05, 4.69) is 61.5 Å². The fraction of sp³-hybridized carbons (Fsp3) is 0.185. The number of nitrogens with zero attached hydrogens (tertiary/aromatic N) is 2. The molecule has 0 unspecified atom stereocenters. The Balaban J connectivity index is 1.63. The summed E-state index contributed by atoms with van der Waals surface area (Å²) in [6.07, 6.45) is 0. The summed E-state index contributed by atoms with van der Waals surface area (Å²) in [7, 11) is 0. The van der Waals surface area contributed by atoms with Crippen molar-refractivity contribution < 1.29 is 4.42 Å². The maximum Gasteiger partial charge on any atom is 0.204 e. The van der Waals surface area contributed by atoms with Gasteiger partial charge in [-0.2, -0.15) is 5.10 Å². The van der Waals surface area contributed by atoms with E-state index in [0.29, 0.717) is 5.02 Å². The summed E-state index contributed by atoms with van der Waals surface area (Å²) in [5.74, 6) is 0.745. The van der Waals surface area contributed by atoms with Crippen LogP contribution in [-0.2, 0) is 5.41 Å². The quantitative estimate of drug-likeness (QED) is 0.271. The third-order valence-electron chi connectivity index (χ3n) is 5.63. The van der Waals surface area contributed by atoms with Crippen LogP contribution >= 0.6 is 22.9 Å². The maximum atomic E-state index is 6.43. The van der Waals surface area contributed by atoms with Crippen molar-refractivity contribution >= 4 is 49.3 Å². The van der Waals surface area contributed by atoms with Crippen molar-refractivity contribution in [3.63, 3.8) is 0 Å². The molecule has 0 aliphatic heterocycles. The topological polar surface area (TPSA) is 50.4 Å². The van der Waals surface area contributed by atoms with E-state index in [1.807, 2.05) is 43.3 Å². The van der Waals surface area contributed by atoms with Gasteiger partial charge in [0.25, 0.3) is 0 Å². The predicted molar refractivity (Wildman–Crippen MR) is 139 cm³/mol. The second-order valence-electron chi connectivity index (χ2n) is 9.13. The van der Waals surface area contributed by atoms with E-state index in [1.54, 1.807) is 11.3 Å². The Bertz CT molecular complexity index is 1510. The molecule has 0 saturated carbocycles. The molecular weight excluding hydrogens is 450 g/mol. The number of rotatable bonds is 3. The number of benzene rings is 3. The summed E-state index contributed by atoms with van der Waals surface area (Å²) in [6, 6.07) is 22.3. The molecular formula is C27H24ClN3OS. The Morgan fingerprint density at radius 3 is 2.48 bits per heavy atom. The van der Waals surface area contributed by atoms with Crippen LogP contribution < -0.4 is 10.8 Å². The number of hydrogen-bond acceptors (Lipinski definition) is 5. The molecule has 5 aromatic rings. The third-order valence-corrected chi connectivity index (χ3v) is 6.97. The Morgan fingerprint density at radius 2 is 1.76 bits per heavy atom. The second kappa shape index (κ2) is 8.32. The fourth-order valence-electron chi connectivity index (χ4n) is 3.69. The number of aryl methyl sites for hydroxylation is 1. The Kier molecular flexibility index (Phi) is 5.47. The average Bonchev–Trinajstić information content (AvgIpc) is 3.21. The van der Waals surface area contributed by atoms with Gasteiger partial charge in [0.1, 0.15) is 11.3 Å². The van der Waals surface area contributed by atoms with Crippen LogP contribution in [0.15, 0.2) is 76.2 Å². The molecule has 2 heterocycles. The summed E-state index contributed by atoms with van der Waals surface area (Å²) < 4.78 is 7.40. The highest BCUT2D eigenvalue weighted by Gasteiger charge is 2.14. The third kappa shape index (κ3) is 4.39. The van der Waals surface area contributed by atoms with E-state index in [1.165, 1.54) is 5.56 Å². The molecule has 5 rings (SSSR count). The van der Waals surface area contributed by atoms with Gasteiger partial charge < -0.3 is 4.42 Å². The molecule has 33 heavy (non-hydrogen) atoms. The minimum atomic E-state index is 0.0918. The van der Waals surface area contributed by atoms with Crippen molar-refractivity contribution in [3.8, 4) is 11.3 Å². The van der Waals surface area contributed by atoms with Crippen LogP contribution in [0.4, 0.5) is 5.13 Å². The zero-order chi connectivity index (χ0) is 23.2. The van der Waals surface area contributed by atoms with E-state index < -0.39 is 0 Å². The molecule has 4 nitrogen and oxygen atoms in total. The highest BCUT2D eigenvalue weighted by Crippen LogP contribution is 2.29. The summed E-state index contributed by atoms with van der Waals surface area (Å²) in [5, 5.41) is 7.69. The largest absolute Gasteiger partial charge is 0.456 e. The van der Waals surface area contributed by atoms with Crippen molar-refractivity contribution in [1.82, 2.24) is 4.98 Å². The van der Waals surface area contributed by atoms with Crippen LogP contribution in [0.25, 0.3) is 32.5 Å². The van der Waals surface area contributed by atoms with Crippen molar-refractivity contribution in [2.24, 2.45) is 5.10 Å². The van der Waals surface area contributed by atoms with Gasteiger partial charge in [-0.25, -0.2) is 4.98 Å². The number of hydrogen-bond donors (Lipinski definition) is 1. The highest BCUT2D eigenvalue weighted by molar-refractivity contribution is 7.22. The molecule has 0 spiro atoms. The molecule has 0 aliphatic carbocycles. The Morgan fingerprint density at radius 1 is 1.00 bits per heavy atom. The van der Waals surface area contributed by atoms with Gasteiger partial charge in [-0.3, -0.25) is 5.43 Å². The fourth-order valence-corrected chi connectivity index (χ4v) is 4.66. The normalized spacial score (nSPS) is 12.6. The zero-order valence-corrected chi connectivity index (χ0v) is 20.5. The number of fused-ring (bicyclic) bond motifs is 2. The first-order valence-electron chi connectivity index (χ1n) is 10.8. The van der Waals surface area contributed by atoms with E-state index in [0.717, 1.165) is 48.6 Å². The minimum absolute atomic E-state index is 0.0918. The van der Waals surface area contributed by atoms with Crippen LogP contribution in [0.3, 0.4) is 0 Å². The molecule has 0 fully saturated rings. The van der Waals surface area contributed by atoms with Crippen LogP contribution in [0, 0.1) is 6.92 Å². The molecule has 3 aromatic carbocycles. The zero-order valence-electron chi connectivity index (χ0n) is 18.9. The SMILES string of the molecule is Cc1cc2oc(-c3ccc(C(C)(C)C)cc3)cc(=NNc3nc4ccccc4s3)c2cc1Cl. The molecule has 0 atom stereocenters. The van der Waals surface area contributed by atoms with E-state index in [9.17, 15) is 0 Å². The first kappa shape index (κ1) is 21.7. The second-order valence-corrected chi connectivity index (χ2v) is 10.6. The van der Waals surface area contributed by atoms with Crippen molar-refractivity contribution in [2.45, 2.75) is 33.1 Å². The lowest BCUT2D eigenvalue weighted by atomic mass is 9.86. The number of anilines is 1. The van der Waals surface area contributed by atoms with Crippen LogP contribution in [-0.4, -0.2) is 4.98 Å². The van der Waals surface area contributed by atoms with Crippen molar-refractivity contribution in [3.05, 3.63) is 88.2 Å². The van der Waals surface area contributed by atoms with Gasteiger partial charge >= 0.3 is 0 Å². The first-order chi connectivity index (χ1) is 15.8. The molecule has 6 heteroatoms. The number of thiazole rings is 1. The van der Waals surface area contributed by atoms with E-state index in [-0.39, 0.29) is 5.41 Å². The molecule has 0 saturated heterocycles. The van der Waals surface area contributed by atoms with Gasteiger partial charge in [0.05, 0.1) is 15.6 Å². The molecule has 0 aliphatic rings.